The lowest BCUT2D eigenvalue weighted by molar-refractivity contribution is -0.121. The number of carbonyl (C=O) groups excluding carboxylic acids is 1. The van der Waals surface area contributed by atoms with Gasteiger partial charge in [-0.05, 0) is 47.6 Å². The van der Waals surface area contributed by atoms with Gasteiger partial charge in [0.05, 0.1) is 6.10 Å². The fourth-order valence-corrected chi connectivity index (χ4v) is 3.21. The Morgan fingerprint density at radius 2 is 2.28 bits per heavy atom. The minimum Gasteiger partial charge on any atom is -0.391 e. The molecule has 1 amide bonds. The second-order valence-corrected chi connectivity index (χ2v) is 5.83. The lowest BCUT2D eigenvalue weighted by atomic mass is 10.0. The van der Waals surface area contributed by atoms with Gasteiger partial charge in [-0.3, -0.25) is 4.79 Å². The SMILES string of the molecule is O=C(CCc1ccsc1)NCC(O)C1CCCC1. The number of aryl methyl sites for hydroxylation is 1. The van der Waals surface area contributed by atoms with E-state index in [1.807, 2.05) is 11.4 Å². The molecule has 0 bridgehead atoms. The maximum atomic E-state index is 11.6. The number of hydrogen-bond donors (Lipinski definition) is 2. The number of rotatable bonds is 6. The standard InChI is InChI=1S/C14H21NO2S/c16-13(12-3-1-2-4-12)9-15-14(17)6-5-11-7-8-18-10-11/h7-8,10,12-13,16H,1-6,9H2,(H,15,17). The van der Waals surface area contributed by atoms with Gasteiger partial charge in [0, 0.05) is 13.0 Å². The molecule has 0 radical (unpaired) electrons. The molecule has 1 heterocycles. The van der Waals surface area contributed by atoms with E-state index in [4.69, 9.17) is 0 Å². The highest BCUT2D eigenvalue weighted by molar-refractivity contribution is 7.07. The van der Waals surface area contributed by atoms with Crippen molar-refractivity contribution < 1.29 is 9.90 Å². The predicted octanol–water partition coefficient (Wildman–Crippen LogP) is 2.35. The van der Waals surface area contributed by atoms with Crippen LogP contribution >= 0.6 is 11.3 Å². The van der Waals surface area contributed by atoms with Gasteiger partial charge >= 0.3 is 0 Å². The Morgan fingerprint density at radius 1 is 1.50 bits per heavy atom. The molecule has 0 aromatic carbocycles. The molecule has 0 aliphatic heterocycles. The molecule has 100 valence electrons. The van der Waals surface area contributed by atoms with Crippen molar-refractivity contribution in [2.75, 3.05) is 6.54 Å². The first kappa shape index (κ1) is 13.6. The second-order valence-electron chi connectivity index (χ2n) is 5.05. The summed E-state index contributed by atoms with van der Waals surface area (Å²) in [6.45, 7) is 0.410. The van der Waals surface area contributed by atoms with Crippen molar-refractivity contribution in [2.45, 2.75) is 44.6 Å². The van der Waals surface area contributed by atoms with Gasteiger partial charge in [0.1, 0.15) is 0 Å². The smallest absolute Gasteiger partial charge is 0.220 e. The van der Waals surface area contributed by atoms with Gasteiger partial charge in [-0.2, -0.15) is 11.3 Å². The Bertz CT molecular complexity index is 358. The van der Waals surface area contributed by atoms with Crippen molar-refractivity contribution in [3.8, 4) is 0 Å². The van der Waals surface area contributed by atoms with Gasteiger partial charge in [-0.25, -0.2) is 0 Å². The third-order valence-electron chi connectivity index (χ3n) is 3.67. The van der Waals surface area contributed by atoms with E-state index in [9.17, 15) is 9.90 Å². The first-order valence-corrected chi connectivity index (χ1v) is 7.66. The van der Waals surface area contributed by atoms with Crippen molar-refractivity contribution >= 4 is 17.2 Å². The van der Waals surface area contributed by atoms with Crippen LogP contribution in [0, 0.1) is 5.92 Å². The minimum absolute atomic E-state index is 0.0400. The first-order chi connectivity index (χ1) is 8.75. The third kappa shape index (κ3) is 4.10. The zero-order valence-corrected chi connectivity index (χ0v) is 11.4. The van der Waals surface area contributed by atoms with E-state index < -0.39 is 0 Å². The molecule has 1 aliphatic rings. The molecule has 1 saturated carbocycles. The van der Waals surface area contributed by atoms with Gasteiger partial charge in [-0.15, -0.1) is 0 Å². The normalized spacial score (nSPS) is 17.8. The van der Waals surface area contributed by atoms with Crippen LogP contribution in [0.2, 0.25) is 0 Å². The van der Waals surface area contributed by atoms with E-state index in [1.165, 1.54) is 18.4 Å². The van der Waals surface area contributed by atoms with Gasteiger partial charge < -0.3 is 10.4 Å². The zero-order valence-electron chi connectivity index (χ0n) is 10.6. The highest BCUT2D eigenvalue weighted by Crippen LogP contribution is 2.27. The van der Waals surface area contributed by atoms with E-state index in [0.717, 1.165) is 19.3 Å². The Hall–Kier alpha value is -0.870. The van der Waals surface area contributed by atoms with E-state index in [2.05, 4.69) is 10.7 Å². The van der Waals surface area contributed by atoms with E-state index in [1.54, 1.807) is 11.3 Å². The van der Waals surface area contributed by atoms with Crippen LogP contribution in [0.3, 0.4) is 0 Å². The molecule has 0 saturated heterocycles. The van der Waals surface area contributed by atoms with Crippen molar-refractivity contribution in [3.05, 3.63) is 22.4 Å². The van der Waals surface area contributed by atoms with Gasteiger partial charge in [0.25, 0.3) is 0 Å². The van der Waals surface area contributed by atoms with Crippen LogP contribution in [-0.4, -0.2) is 23.7 Å². The topological polar surface area (TPSA) is 49.3 Å². The van der Waals surface area contributed by atoms with Crippen LogP contribution in [0.25, 0.3) is 0 Å². The average molecular weight is 267 g/mol. The number of aliphatic hydroxyl groups excluding tert-OH is 1. The average Bonchev–Trinajstić information content (AvgIpc) is 3.05. The molecule has 1 fully saturated rings. The summed E-state index contributed by atoms with van der Waals surface area (Å²) in [4.78, 5) is 11.6. The Morgan fingerprint density at radius 3 is 2.94 bits per heavy atom. The van der Waals surface area contributed by atoms with E-state index in [0.29, 0.717) is 18.9 Å². The molecule has 0 spiro atoms. The summed E-state index contributed by atoms with van der Waals surface area (Å²) in [5, 5.41) is 16.9. The molecule has 1 aromatic heterocycles. The molecule has 1 unspecified atom stereocenters. The summed E-state index contributed by atoms with van der Waals surface area (Å²) < 4.78 is 0. The summed E-state index contributed by atoms with van der Waals surface area (Å²) in [6.07, 6.45) is 5.57. The van der Waals surface area contributed by atoms with Crippen molar-refractivity contribution in [3.63, 3.8) is 0 Å². The highest BCUT2D eigenvalue weighted by atomic mass is 32.1. The number of carbonyl (C=O) groups is 1. The summed E-state index contributed by atoms with van der Waals surface area (Å²) in [7, 11) is 0. The fourth-order valence-electron chi connectivity index (χ4n) is 2.51. The molecule has 1 aliphatic carbocycles. The van der Waals surface area contributed by atoms with Crippen LogP contribution in [0.15, 0.2) is 16.8 Å². The zero-order chi connectivity index (χ0) is 12.8. The number of thiophene rings is 1. The summed E-state index contributed by atoms with van der Waals surface area (Å²) >= 11 is 1.65. The number of aliphatic hydroxyl groups is 1. The summed E-state index contributed by atoms with van der Waals surface area (Å²) in [6, 6.07) is 2.05. The van der Waals surface area contributed by atoms with E-state index in [-0.39, 0.29) is 12.0 Å². The van der Waals surface area contributed by atoms with Crippen LogP contribution in [0.1, 0.15) is 37.7 Å². The Labute approximate surface area is 112 Å². The number of hydrogen-bond acceptors (Lipinski definition) is 3. The third-order valence-corrected chi connectivity index (χ3v) is 4.41. The van der Waals surface area contributed by atoms with Crippen molar-refractivity contribution in [2.24, 2.45) is 5.92 Å². The van der Waals surface area contributed by atoms with Crippen molar-refractivity contribution in [1.82, 2.24) is 5.32 Å². The predicted molar refractivity (Wildman–Crippen MR) is 73.6 cm³/mol. The Balaban J connectivity index is 1.62. The largest absolute Gasteiger partial charge is 0.391 e. The molecular weight excluding hydrogens is 246 g/mol. The number of amides is 1. The maximum absolute atomic E-state index is 11.6. The molecule has 18 heavy (non-hydrogen) atoms. The van der Waals surface area contributed by atoms with Crippen molar-refractivity contribution in [1.29, 1.82) is 0 Å². The number of nitrogens with one attached hydrogen (secondary N) is 1. The van der Waals surface area contributed by atoms with Crippen LogP contribution < -0.4 is 5.32 Å². The molecule has 1 atom stereocenters. The summed E-state index contributed by atoms with van der Waals surface area (Å²) in [5.74, 6) is 0.431. The van der Waals surface area contributed by atoms with Crippen LogP contribution in [0.4, 0.5) is 0 Å². The maximum Gasteiger partial charge on any atom is 0.220 e. The minimum atomic E-state index is -0.363. The quantitative estimate of drug-likeness (QED) is 0.831. The van der Waals surface area contributed by atoms with Gasteiger partial charge in [0.2, 0.25) is 5.91 Å². The second kappa shape index (κ2) is 6.90. The van der Waals surface area contributed by atoms with Crippen LogP contribution in [-0.2, 0) is 11.2 Å². The molecule has 2 rings (SSSR count). The monoisotopic (exact) mass is 267 g/mol. The first-order valence-electron chi connectivity index (χ1n) is 6.71. The highest BCUT2D eigenvalue weighted by Gasteiger charge is 2.23. The van der Waals surface area contributed by atoms with Gasteiger partial charge in [-0.1, -0.05) is 12.8 Å². The molecule has 2 N–H and O–H groups in total. The fraction of sp³-hybridized carbons (Fsp3) is 0.643. The molecule has 3 nitrogen and oxygen atoms in total. The van der Waals surface area contributed by atoms with Crippen LogP contribution in [0.5, 0.6) is 0 Å². The summed E-state index contributed by atoms with van der Waals surface area (Å²) in [5.41, 5.74) is 1.21. The Kier molecular flexibility index (Phi) is 5.20. The molecular formula is C14H21NO2S. The van der Waals surface area contributed by atoms with Gasteiger partial charge in [0.15, 0.2) is 0 Å². The molecule has 4 heteroatoms. The molecule has 1 aromatic rings. The van der Waals surface area contributed by atoms with E-state index >= 15 is 0 Å². The lowest BCUT2D eigenvalue weighted by Crippen LogP contribution is -2.35. The lowest BCUT2D eigenvalue weighted by Gasteiger charge is -2.17.